The zero-order chi connectivity index (χ0) is 13.8. The Morgan fingerprint density at radius 2 is 2.22 bits per heavy atom. The molecule has 1 rings (SSSR count). The summed E-state index contributed by atoms with van der Waals surface area (Å²) in [5.74, 6) is -2.58. The van der Waals surface area contributed by atoms with Gasteiger partial charge >= 0.3 is 5.97 Å². The highest BCUT2D eigenvalue weighted by Gasteiger charge is 2.25. The Morgan fingerprint density at radius 3 is 2.78 bits per heavy atom. The van der Waals surface area contributed by atoms with Crippen LogP contribution in [0.5, 0.6) is 0 Å². The average Bonchev–Trinajstić information content (AvgIpc) is 2.24. The van der Waals surface area contributed by atoms with Crippen molar-refractivity contribution in [1.82, 2.24) is 10.3 Å². The van der Waals surface area contributed by atoms with E-state index in [4.69, 9.17) is 5.11 Å². The maximum atomic E-state index is 12.8. The van der Waals surface area contributed by atoms with Gasteiger partial charge in [-0.2, -0.15) is 4.39 Å². The van der Waals surface area contributed by atoms with Crippen molar-refractivity contribution in [3.8, 4) is 0 Å². The van der Waals surface area contributed by atoms with Gasteiger partial charge in [-0.05, 0) is 13.0 Å². The van der Waals surface area contributed by atoms with E-state index in [9.17, 15) is 19.1 Å². The first-order chi connectivity index (χ1) is 8.30. The molecule has 1 aromatic heterocycles. The number of aromatic nitrogens is 1. The largest absolute Gasteiger partial charge is 0.481 e. The standard InChI is InChI=1S/C11H13FN2O4/c1-11(18,5-9(15)16)6-14-10(17)7-2-3-13-8(12)4-7/h2-4,18H,5-6H2,1H3,(H,14,17)(H,15,16). The number of nitrogens with one attached hydrogen (secondary N) is 1. The van der Waals surface area contributed by atoms with E-state index in [0.29, 0.717) is 0 Å². The second-order valence-electron chi connectivity index (χ2n) is 4.12. The zero-order valence-corrected chi connectivity index (χ0v) is 9.68. The quantitative estimate of drug-likeness (QED) is 0.652. The van der Waals surface area contributed by atoms with Gasteiger partial charge in [0.25, 0.3) is 5.91 Å². The Labute approximate surface area is 102 Å². The molecule has 0 bridgehead atoms. The van der Waals surface area contributed by atoms with Gasteiger partial charge < -0.3 is 15.5 Å². The van der Waals surface area contributed by atoms with Crippen LogP contribution < -0.4 is 5.32 Å². The summed E-state index contributed by atoms with van der Waals surface area (Å²) >= 11 is 0. The topological polar surface area (TPSA) is 99.5 Å². The van der Waals surface area contributed by atoms with Crippen LogP contribution in [0.3, 0.4) is 0 Å². The van der Waals surface area contributed by atoms with Crippen molar-refractivity contribution < 1.29 is 24.2 Å². The number of halogens is 1. The highest BCUT2D eigenvalue weighted by atomic mass is 19.1. The van der Waals surface area contributed by atoms with Crippen LogP contribution in [0.2, 0.25) is 0 Å². The van der Waals surface area contributed by atoms with Crippen molar-refractivity contribution in [3.05, 3.63) is 29.8 Å². The third-order valence-corrected chi connectivity index (χ3v) is 2.15. The molecule has 0 aliphatic heterocycles. The first-order valence-electron chi connectivity index (χ1n) is 5.14. The van der Waals surface area contributed by atoms with Crippen LogP contribution >= 0.6 is 0 Å². The number of hydrogen-bond acceptors (Lipinski definition) is 4. The van der Waals surface area contributed by atoms with Crippen molar-refractivity contribution in [2.24, 2.45) is 0 Å². The molecule has 1 heterocycles. The van der Waals surface area contributed by atoms with E-state index in [0.717, 1.165) is 12.3 Å². The van der Waals surface area contributed by atoms with Gasteiger partial charge in [0.2, 0.25) is 5.95 Å². The average molecular weight is 256 g/mol. The van der Waals surface area contributed by atoms with E-state index < -0.39 is 29.8 Å². The number of carbonyl (C=O) groups excluding carboxylic acids is 1. The second kappa shape index (κ2) is 5.54. The van der Waals surface area contributed by atoms with Gasteiger partial charge in [-0.15, -0.1) is 0 Å². The lowest BCUT2D eigenvalue weighted by Gasteiger charge is -2.21. The predicted molar refractivity (Wildman–Crippen MR) is 59.4 cm³/mol. The smallest absolute Gasteiger partial charge is 0.306 e. The minimum atomic E-state index is -1.56. The third kappa shape index (κ3) is 4.46. The van der Waals surface area contributed by atoms with E-state index in [1.165, 1.54) is 13.0 Å². The molecule has 0 saturated carbocycles. The number of amides is 1. The summed E-state index contributed by atoms with van der Waals surface area (Å²) in [6.07, 6.45) is 0.637. The minimum Gasteiger partial charge on any atom is -0.481 e. The number of aliphatic hydroxyl groups is 1. The Hall–Kier alpha value is -2.02. The molecule has 0 saturated heterocycles. The van der Waals surface area contributed by atoms with E-state index >= 15 is 0 Å². The van der Waals surface area contributed by atoms with Crippen LogP contribution in [0.4, 0.5) is 4.39 Å². The first-order valence-corrected chi connectivity index (χ1v) is 5.14. The minimum absolute atomic E-state index is 0.0497. The molecule has 18 heavy (non-hydrogen) atoms. The Morgan fingerprint density at radius 1 is 1.56 bits per heavy atom. The summed E-state index contributed by atoms with van der Waals surface area (Å²) in [5, 5.41) is 20.5. The number of pyridine rings is 1. The van der Waals surface area contributed by atoms with Gasteiger partial charge in [0.1, 0.15) is 0 Å². The van der Waals surface area contributed by atoms with E-state index in [-0.39, 0.29) is 12.1 Å². The van der Waals surface area contributed by atoms with Gasteiger partial charge in [0, 0.05) is 24.4 Å². The zero-order valence-electron chi connectivity index (χ0n) is 9.68. The van der Waals surface area contributed by atoms with Gasteiger partial charge in [0.05, 0.1) is 12.0 Å². The monoisotopic (exact) mass is 256 g/mol. The maximum absolute atomic E-state index is 12.8. The lowest BCUT2D eigenvalue weighted by Crippen LogP contribution is -2.42. The summed E-state index contributed by atoms with van der Waals surface area (Å²) in [5.41, 5.74) is -1.51. The van der Waals surface area contributed by atoms with E-state index in [2.05, 4.69) is 10.3 Å². The fraction of sp³-hybridized carbons (Fsp3) is 0.364. The molecule has 0 spiro atoms. The molecule has 1 unspecified atom stereocenters. The second-order valence-corrected chi connectivity index (χ2v) is 4.12. The number of carbonyl (C=O) groups is 2. The first kappa shape index (κ1) is 14.0. The molecule has 1 amide bonds. The van der Waals surface area contributed by atoms with Gasteiger partial charge in [0.15, 0.2) is 0 Å². The van der Waals surface area contributed by atoms with Crippen LogP contribution in [0.1, 0.15) is 23.7 Å². The summed E-state index contributed by atoms with van der Waals surface area (Å²) < 4.78 is 12.8. The number of aliphatic carboxylic acids is 1. The molecule has 0 aliphatic carbocycles. The van der Waals surface area contributed by atoms with E-state index in [1.54, 1.807) is 0 Å². The predicted octanol–water partition coefficient (Wildman–Crippen LogP) is 0.176. The lowest BCUT2D eigenvalue weighted by atomic mass is 10.0. The van der Waals surface area contributed by atoms with Crippen LogP contribution in [-0.4, -0.2) is 39.2 Å². The molecule has 1 atom stereocenters. The van der Waals surface area contributed by atoms with Crippen molar-refractivity contribution in [3.63, 3.8) is 0 Å². The molecule has 0 aromatic carbocycles. The molecular weight excluding hydrogens is 243 g/mol. The Balaban J connectivity index is 2.58. The van der Waals surface area contributed by atoms with Gasteiger partial charge in [-0.1, -0.05) is 0 Å². The molecule has 0 fully saturated rings. The third-order valence-electron chi connectivity index (χ3n) is 2.15. The molecule has 0 radical (unpaired) electrons. The van der Waals surface area contributed by atoms with Crippen LogP contribution in [0.15, 0.2) is 18.3 Å². The molecule has 0 aliphatic rings. The van der Waals surface area contributed by atoms with Crippen LogP contribution in [-0.2, 0) is 4.79 Å². The molecule has 98 valence electrons. The van der Waals surface area contributed by atoms with Crippen molar-refractivity contribution >= 4 is 11.9 Å². The van der Waals surface area contributed by atoms with Crippen molar-refractivity contribution in [1.29, 1.82) is 0 Å². The summed E-state index contributed by atoms with van der Waals surface area (Å²) in [4.78, 5) is 25.3. The molecule has 3 N–H and O–H groups in total. The van der Waals surface area contributed by atoms with Crippen LogP contribution in [0.25, 0.3) is 0 Å². The fourth-order valence-electron chi connectivity index (χ4n) is 1.30. The normalized spacial score (nSPS) is 13.7. The summed E-state index contributed by atoms with van der Waals surface area (Å²) in [6.45, 7) is 1.04. The Bertz CT molecular complexity index is 462. The van der Waals surface area contributed by atoms with Gasteiger partial charge in [-0.3, -0.25) is 9.59 Å². The SMILES string of the molecule is CC(O)(CNC(=O)c1ccnc(F)c1)CC(=O)O. The lowest BCUT2D eigenvalue weighted by molar-refractivity contribution is -0.141. The molecule has 1 aromatic rings. The maximum Gasteiger partial charge on any atom is 0.306 e. The number of nitrogens with zero attached hydrogens (tertiary/aromatic N) is 1. The molecule has 7 heteroatoms. The number of carboxylic acids is 1. The molecule has 6 nitrogen and oxygen atoms in total. The van der Waals surface area contributed by atoms with Crippen molar-refractivity contribution in [2.75, 3.05) is 6.54 Å². The summed E-state index contributed by atoms with van der Waals surface area (Å²) in [7, 11) is 0. The fourth-order valence-corrected chi connectivity index (χ4v) is 1.30. The highest BCUT2D eigenvalue weighted by molar-refractivity contribution is 5.94. The molecular formula is C11H13FN2O4. The number of carboxylic acid groups (broad SMARTS) is 1. The van der Waals surface area contributed by atoms with E-state index in [1.807, 2.05) is 0 Å². The Kier molecular flexibility index (Phi) is 4.33. The number of hydrogen-bond donors (Lipinski definition) is 3. The van der Waals surface area contributed by atoms with Gasteiger partial charge in [-0.25, -0.2) is 4.98 Å². The number of rotatable bonds is 5. The van der Waals surface area contributed by atoms with Crippen molar-refractivity contribution in [2.45, 2.75) is 18.9 Å². The van der Waals surface area contributed by atoms with Crippen LogP contribution in [0, 0.1) is 5.95 Å². The summed E-state index contributed by atoms with van der Waals surface area (Å²) in [6, 6.07) is 2.26. The highest BCUT2D eigenvalue weighted by Crippen LogP contribution is 2.08.